The van der Waals surface area contributed by atoms with Crippen molar-refractivity contribution in [1.82, 2.24) is 14.7 Å². The number of aryl methyl sites for hydroxylation is 1. The van der Waals surface area contributed by atoms with E-state index in [9.17, 15) is 4.79 Å². The van der Waals surface area contributed by atoms with E-state index >= 15 is 0 Å². The minimum atomic E-state index is 0.0839. The Hall–Kier alpha value is -2.88. The summed E-state index contributed by atoms with van der Waals surface area (Å²) in [7, 11) is 0. The molecule has 4 nitrogen and oxygen atoms in total. The van der Waals surface area contributed by atoms with Crippen LogP contribution in [0.1, 0.15) is 29.2 Å². The molecule has 0 N–H and O–H groups in total. The third-order valence-electron chi connectivity index (χ3n) is 4.84. The van der Waals surface area contributed by atoms with Crippen LogP contribution in [0.5, 0.6) is 0 Å². The quantitative estimate of drug-likeness (QED) is 0.734. The lowest BCUT2D eigenvalue weighted by molar-refractivity contribution is -0.132. The Labute approximate surface area is 147 Å². The van der Waals surface area contributed by atoms with Gasteiger partial charge < -0.3 is 4.90 Å². The van der Waals surface area contributed by atoms with Crippen molar-refractivity contribution in [3.05, 3.63) is 89.7 Å². The van der Waals surface area contributed by atoms with Gasteiger partial charge in [0, 0.05) is 31.9 Å². The van der Waals surface area contributed by atoms with Crippen molar-refractivity contribution in [1.29, 1.82) is 0 Å². The summed E-state index contributed by atoms with van der Waals surface area (Å²) in [6.07, 6.45) is 5.08. The molecule has 1 aliphatic heterocycles. The van der Waals surface area contributed by atoms with E-state index in [1.807, 2.05) is 46.1 Å². The van der Waals surface area contributed by atoms with E-state index in [1.54, 1.807) is 6.20 Å². The number of aromatic nitrogens is 2. The molecule has 0 spiro atoms. The van der Waals surface area contributed by atoms with E-state index in [2.05, 4.69) is 35.4 Å². The van der Waals surface area contributed by atoms with Gasteiger partial charge in [-0.2, -0.15) is 5.10 Å². The maximum absolute atomic E-state index is 12.8. The SMILES string of the molecule is O=C(CCc1ccccc1)N1Cc2ccccc2C(n2cccn2)C1. The smallest absolute Gasteiger partial charge is 0.223 e. The Bertz CT molecular complexity index is 843. The molecule has 4 rings (SSSR count). The molecule has 1 amide bonds. The molecule has 25 heavy (non-hydrogen) atoms. The second-order valence-electron chi connectivity index (χ2n) is 6.46. The second-order valence-corrected chi connectivity index (χ2v) is 6.46. The Morgan fingerprint density at radius 1 is 1.04 bits per heavy atom. The summed E-state index contributed by atoms with van der Waals surface area (Å²) < 4.78 is 1.95. The van der Waals surface area contributed by atoms with Gasteiger partial charge in [-0.25, -0.2) is 0 Å². The molecule has 0 fully saturated rings. The van der Waals surface area contributed by atoms with Crippen LogP contribution >= 0.6 is 0 Å². The first-order chi connectivity index (χ1) is 12.3. The first-order valence-electron chi connectivity index (χ1n) is 8.70. The third-order valence-corrected chi connectivity index (χ3v) is 4.84. The van der Waals surface area contributed by atoms with Gasteiger partial charge in [-0.15, -0.1) is 0 Å². The van der Waals surface area contributed by atoms with E-state index in [1.165, 1.54) is 16.7 Å². The van der Waals surface area contributed by atoms with Gasteiger partial charge >= 0.3 is 0 Å². The molecule has 2 aromatic carbocycles. The maximum Gasteiger partial charge on any atom is 0.223 e. The van der Waals surface area contributed by atoms with Crippen molar-refractivity contribution >= 4 is 5.91 Å². The van der Waals surface area contributed by atoms with Gasteiger partial charge in [-0.1, -0.05) is 54.6 Å². The van der Waals surface area contributed by atoms with E-state index in [0.29, 0.717) is 19.5 Å². The van der Waals surface area contributed by atoms with Crippen LogP contribution in [0.25, 0.3) is 0 Å². The minimum Gasteiger partial charge on any atom is -0.336 e. The summed E-state index contributed by atoms with van der Waals surface area (Å²) in [5.74, 6) is 0.204. The predicted molar refractivity (Wildman–Crippen MR) is 97.0 cm³/mol. The Morgan fingerprint density at radius 3 is 2.64 bits per heavy atom. The zero-order valence-electron chi connectivity index (χ0n) is 14.1. The molecule has 0 saturated heterocycles. The Balaban J connectivity index is 1.52. The average Bonchev–Trinajstić information content (AvgIpc) is 3.20. The molecule has 1 aromatic heterocycles. The fourth-order valence-electron chi connectivity index (χ4n) is 3.52. The van der Waals surface area contributed by atoms with Crippen LogP contribution in [-0.2, 0) is 17.8 Å². The molecule has 0 radical (unpaired) electrons. The average molecular weight is 331 g/mol. The van der Waals surface area contributed by atoms with Crippen LogP contribution in [0.2, 0.25) is 0 Å². The largest absolute Gasteiger partial charge is 0.336 e. The normalized spacial score (nSPS) is 16.5. The van der Waals surface area contributed by atoms with Gasteiger partial charge in [0.2, 0.25) is 5.91 Å². The first kappa shape index (κ1) is 15.6. The number of hydrogen-bond donors (Lipinski definition) is 0. The highest BCUT2D eigenvalue weighted by molar-refractivity contribution is 5.77. The highest BCUT2D eigenvalue weighted by atomic mass is 16.2. The van der Waals surface area contributed by atoms with Crippen molar-refractivity contribution in [2.75, 3.05) is 6.54 Å². The van der Waals surface area contributed by atoms with Gasteiger partial charge in [0.15, 0.2) is 0 Å². The number of rotatable bonds is 4. The highest BCUT2D eigenvalue weighted by Crippen LogP contribution is 2.29. The van der Waals surface area contributed by atoms with Gasteiger partial charge in [0.1, 0.15) is 0 Å². The van der Waals surface area contributed by atoms with Gasteiger partial charge in [-0.05, 0) is 29.2 Å². The van der Waals surface area contributed by atoms with Crippen molar-refractivity contribution in [3.8, 4) is 0 Å². The van der Waals surface area contributed by atoms with E-state index in [4.69, 9.17) is 0 Å². The Morgan fingerprint density at radius 2 is 1.84 bits per heavy atom. The van der Waals surface area contributed by atoms with E-state index in [0.717, 1.165) is 6.42 Å². The van der Waals surface area contributed by atoms with Crippen molar-refractivity contribution in [3.63, 3.8) is 0 Å². The fourth-order valence-corrected chi connectivity index (χ4v) is 3.52. The molecular formula is C21H21N3O. The molecule has 2 heterocycles. The molecule has 3 aromatic rings. The van der Waals surface area contributed by atoms with Crippen molar-refractivity contribution in [2.24, 2.45) is 0 Å². The number of carbonyl (C=O) groups excluding carboxylic acids is 1. The molecule has 126 valence electrons. The standard InChI is InChI=1S/C21H21N3O/c25-21(12-11-17-7-2-1-3-8-17)23-15-18-9-4-5-10-19(18)20(16-23)24-14-6-13-22-24/h1-10,13-14,20H,11-12,15-16H2. The summed E-state index contributed by atoms with van der Waals surface area (Å²) in [6.45, 7) is 1.36. The molecule has 1 aliphatic rings. The molecule has 0 aliphatic carbocycles. The summed E-state index contributed by atoms with van der Waals surface area (Å²) in [5.41, 5.74) is 3.68. The third kappa shape index (κ3) is 3.33. The maximum atomic E-state index is 12.8. The molecule has 4 heteroatoms. The molecule has 1 unspecified atom stereocenters. The lowest BCUT2D eigenvalue weighted by atomic mass is 9.95. The summed E-state index contributed by atoms with van der Waals surface area (Å²) >= 11 is 0. The summed E-state index contributed by atoms with van der Waals surface area (Å²) in [6, 6.07) is 20.6. The van der Waals surface area contributed by atoms with Crippen LogP contribution in [0.15, 0.2) is 73.1 Å². The molecule has 1 atom stereocenters. The fraction of sp³-hybridized carbons (Fsp3) is 0.238. The topological polar surface area (TPSA) is 38.1 Å². The van der Waals surface area contributed by atoms with Gasteiger partial charge in [-0.3, -0.25) is 9.48 Å². The van der Waals surface area contributed by atoms with Gasteiger partial charge in [0.05, 0.1) is 6.04 Å². The monoisotopic (exact) mass is 331 g/mol. The van der Waals surface area contributed by atoms with E-state index in [-0.39, 0.29) is 11.9 Å². The van der Waals surface area contributed by atoms with Crippen molar-refractivity contribution in [2.45, 2.75) is 25.4 Å². The number of benzene rings is 2. The van der Waals surface area contributed by atoms with Crippen LogP contribution in [0, 0.1) is 0 Å². The summed E-state index contributed by atoms with van der Waals surface area (Å²) in [4.78, 5) is 14.8. The van der Waals surface area contributed by atoms with Crippen LogP contribution < -0.4 is 0 Å². The molecular weight excluding hydrogens is 310 g/mol. The van der Waals surface area contributed by atoms with Gasteiger partial charge in [0.25, 0.3) is 0 Å². The number of fused-ring (bicyclic) bond motifs is 1. The number of carbonyl (C=O) groups is 1. The van der Waals surface area contributed by atoms with E-state index < -0.39 is 0 Å². The first-order valence-corrected chi connectivity index (χ1v) is 8.70. The summed E-state index contributed by atoms with van der Waals surface area (Å²) in [5, 5.41) is 4.40. The number of hydrogen-bond acceptors (Lipinski definition) is 2. The van der Waals surface area contributed by atoms with Crippen LogP contribution in [0.4, 0.5) is 0 Å². The van der Waals surface area contributed by atoms with Crippen LogP contribution in [0.3, 0.4) is 0 Å². The zero-order chi connectivity index (χ0) is 17.1. The second kappa shape index (κ2) is 6.93. The van der Waals surface area contributed by atoms with Crippen LogP contribution in [-0.4, -0.2) is 27.1 Å². The number of nitrogens with zero attached hydrogens (tertiary/aromatic N) is 3. The van der Waals surface area contributed by atoms with Crippen molar-refractivity contribution < 1.29 is 4.79 Å². The lowest BCUT2D eigenvalue weighted by Gasteiger charge is -2.35. The lowest BCUT2D eigenvalue weighted by Crippen LogP contribution is -2.40. The molecule has 0 saturated carbocycles. The molecule has 0 bridgehead atoms. The Kier molecular flexibility index (Phi) is 4.34. The predicted octanol–water partition coefficient (Wildman–Crippen LogP) is 3.45. The number of amides is 1. The zero-order valence-corrected chi connectivity index (χ0v) is 14.1. The minimum absolute atomic E-state index is 0.0839. The highest BCUT2D eigenvalue weighted by Gasteiger charge is 2.29.